The van der Waals surface area contributed by atoms with Gasteiger partial charge in [-0.1, -0.05) is 6.07 Å². The summed E-state index contributed by atoms with van der Waals surface area (Å²) in [6.07, 6.45) is 5.51. The highest BCUT2D eigenvalue weighted by molar-refractivity contribution is 5.95. The molecule has 1 heterocycles. The number of ketones is 1. The Hall–Kier alpha value is -1.84. The molecule has 1 N–H and O–H groups in total. The summed E-state index contributed by atoms with van der Waals surface area (Å²) in [6.45, 7) is 0.711. The molecule has 1 amide bonds. The van der Waals surface area contributed by atoms with Gasteiger partial charge in [0.15, 0.2) is 0 Å². The monoisotopic (exact) mass is 287 g/mol. The standard InChI is InChI=1S/C17H21NO3/c19-13-6-3-5-12(11-13)17(21)18-10-2-1-8-15(18)14-7-4-9-16(14)20/h3,5-6,11,14-15,19H,1-2,4,7-10H2. The summed E-state index contributed by atoms with van der Waals surface area (Å²) < 4.78 is 0. The maximum atomic E-state index is 12.7. The number of rotatable bonds is 2. The molecule has 1 aromatic rings. The third kappa shape index (κ3) is 2.80. The topological polar surface area (TPSA) is 57.6 Å². The molecule has 0 spiro atoms. The summed E-state index contributed by atoms with van der Waals surface area (Å²) in [7, 11) is 0. The molecule has 0 bridgehead atoms. The number of Topliss-reactive ketones (excluding diaryl/α,β-unsaturated/α-hetero) is 1. The third-order valence-electron chi connectivity index (χ3n) is 4.72. The van der Waals surface area contributed by atoms with Crippen LogP contribution in [0.5, 0.6) is 5.75 Å². The molecule has 1 aromatic carbocycles. The number of amides is 1. The summed E-state index contributed by atoms with van der Waals surface area (Å²) in [6, 6.07) is 6.52. The molecule has 2 unspecified atom stereocenters. The highest BCUT2D eigenvalue weighted by atomic mass is 16.3. The molecule has 2 fully saturated rings. The normalized spacial score (nSPS) is 26.1. The summed E-state index contributed by atoms with van der Waals surface area (Å²) >= 11 is 0. The number of hydrogen-bond acceptors (Lipinski definition) is 3. The zero-order valence-electron chi connectivity index (χ0n) is 12.1. The van der Waals surface area contributed by atoms with E-state index in [0.29, 0.717) is 24.3 Å². The van der Waals surface area contributed by atoms with Crippen molar-refractivity contribution in [3.8, 4) is 5.75 Å². The van der Waals surface area contributed by atoms with Crippen LogP contribution in [-0.4, -0.2) is 34.3 Å². The zero-order chi connectivity index (χ0) is 14.8. The predicted octanol–water partition coefficient (Wildman–Crippen LogP) is 2.76. The summed E-state index contributed by atoms with van der Waals surface area (Å²) in [5.41, 5.74) is 0.507. The summed E-state index contributed by atoms with van der Waals surface area (Å²) in [4.78, 5) is 26.7. The summed E-state index contributed by atoms with van der Waals surface area (Å²) in [5, 5.41) is 9.55. The van der Waals surface area contributed by atoms with Gasteiger partial charge < -0.3 is 10.0 Å². The van der Waals surface area contributed by atoms with Crippen molar-refractivity contribution < 1.29 is 14.7 Å². The molecule has 1 aliphatic carbocycles. The SMILES string of the molecule is O=C1CCCC1C1CCCCN1C(=O)c1cccc(O)c1. The molecule has 4 nitrogen and oxygen atoms in total. The first-order chi connectivity index (χ1) is 10.2. The molecular weight excluding hydrogens is 266 g/mol. The minimum absolute atomic E-state index is 0.0200. The molecule has 2 aliphatic rings. The number of aromatic hydroxyl groups is 1. The Kier molecular flexibility index (Phi) is 3.95. The number of carbonyl (C=O) groups excluding carboxylic acids is 2. The lowest BCUT2D eigenvalue weighted by Crippen LogP contribution is -2.48. The van der Waals surface area contributed by atoms with Crippen LogP contribution in [0.25, 0.3) is 0 Å². The lowest BCUT2D eigenvalue weighted by Gasteiger charge is -2.38. The Morgan fingerprint density at radius 3 is 2.76 bits per heavy atom. The maximum Gasteiger partial charge on any atom is 0.254 e. The third-order valence-corrected chi connectivity index (χ3v) is 4.72. The van der Waals surface area contributed by atoms with E-state index in [1.165, 1.54) is 6.07 Å². The quantitative estimate of drug-likeness (QED) is 0.910. The minimum Gasteiger partial charge on any atom is -0.508 e. The zero-order valence-corrected chi connectivity index (χ0v) is 12.1. The Labute approximate surface area is 124 Å². The van der Waals surface area contributed by atoms with Crippen molar-refractivity contribution in [1.29, 1.82) is 0 Å². The van der Waals surface area contributed by atoms with Gasteiger partial charge in [-0.05, 0) is 50.3 Å². The number of carbonyl (C=O) groups is 2. The average molecular weight is 287 g/mol. The van der Waals surface area contributed by atoms with Crippen LogP contribution < -0.4 is 0 Å². The van der Waals surface area contributed by atoms with Crippen LogP contribution in [0.15, 0.2) is 24.3 Å². The number of likely N-dealkylation sites (tertiary alicyclic amines) is 1. The van der Waals surface area contributed by atoms with Crippen LogP contribution in [0.2, 0.25) is 0 Å². The second kappa shape index (κ2) is 5.88. The van der Waals surface area contributed by atoms with Gasteiger partial charge in [-0.15, -0.1) is 0 Å². The fourth-order valence-electron chi connectivity index (χ4n) is 3.68. The van der Waals surface area contributed by atoms with Gasteiger partial charge in [0, 0.05) is 30.5 Å². The average Bonchev–Trinajstić information content (AvgIpc) is 2.92. The van der Waals surface area contributed by atoms with Gasteiger partial charge in [0.2, 0.25) is 0 Å². The molecule has 1 saturated carbocycles. The number of phenols is 1. The molecule has 1 saturated heterocycles. The molecule has 0 radical (unpaired) electrons. The van der Waals surface area contributed by atoms with Gasteiger partial charge in [-0.25, -0.2) is 0 Å². The molecule has 0 aromatic heterocycles. The van der Waals surface area contributed by atoms with Crippen molar-refractivity contribution in [3.63, 3.8) is 0 Å². The van der Waals surface area contributed by atoms with Crippen LogP contribution in [0.4, 0.5) is 0 Å². The van der Waals surface area contributed by atoms with Gasteiger partial charge in [0.1, 0.15) is 11.5 Å². The summed E-state index contributed by atoms with van der Waals surface area (Å²) in [5.74, 6) is 0.379. The van der Waals surface area contributed by atoms with E-state index in [1.54, 1.807) is 18.2 Å². The van der Waals surface area contributed by atoms with Gasteiger partial charge in [-0.3, -0.25) is 9.59 Å². The Bertz CT molecular complexity index is 555. The molecule has 2 atom stereocenters. The van der Waals surface area contributed by atoms with Crippen molar-refractivity contribution in [3.05, 3.63) is 29.8 Å². The van der Waals surface area contributed by atoms with E-state index < -0.39 is 0 Å². The number of phenolic OH excluding ortho intramolecular Hbond substituents is 1. The van der Waals surface area contributed by atoms with E-state index in [-0.39, 0.29) is 23.6 Å². The lowest BCUT2D eigenvalue weighted by atomic mass is 9.88. The van der Waals surface area contributed by atoms with Crippen LogP contribution in [0.3, 0.4) is 0 Å². The first kappa shape index (κ1) is 14.1. The number of benzene rings is 1. The largest absolute Gasteiger partial charge is 0.508 e. The van der Waals surface area contributed by atoms with Crippen LogP contribution in [-0.2, 0) is 4.79 Å². The van der Waals surface area contributed by atoms with Crippen molar-refractivity contribution in [2.75, 3.05) is 6.54 Å². The van der Waals surface area contributed by atoms with Gasteiger partial charge in [0.05, 0.1) is 0 Å². The fourth-order valence-corrected chi connectivity index (χ4v) is 3.68. The Morgan fingerprint density at radius 1 is 1.19 bits per heavy atom. The second-order valence-electron chi connectivity index (χ2n) is 6.08. The first-order valence-corrected chi connectivity index (χ1v) is 7.79. The Balaban J connectivity index is 1.83. The first-order valence-electron chi connectivity index (χ1n) is 7.79. The van der Waals surface area contributed by atoms with E-state index >= 15 is 0 Å². The molecule has 112 valence electrons. The number of piperidine rings is 1. The second-order valence-corrected chi connectivity index (χ2v) is 6.08. The molecular formula is C17H21NO3. The van der Waals surface area contributed by atoms with Crippen molar-refractivity contribution in [1.82, 2.24) is 4.90 Å². The van der Waals surface area contributed by atoms with Crippen LogP contribution in [0, 0.1) is 5.92 Å². The molecule has 1 aliphatic heterocycles. The molecule has 3 rings (SSSR count). The fraction of sp³-hybridized carbons (Fsp3) is 0.529. The number of nitrogens with zero attached hydrogens (tertiary/aromatic N) is 1. The number of hydrogen-bond donors (Lipinski definition) is 1. The van der Waals surface area contributed by atoms with Gasteiger partial charge >= 0.3 is 0 Å². The van der Waals surface area contributed by atoms with Crippen LogP contribution in [0.1, 0.15) is 48.9 Å². The van der Waals surface area contributed by atoms with E-state index in [4.69, 9.17) is 0 Å². The molecule has 4 heteroatoms. The highest BCUT2D eigenvalue weighted by Gasteiger charge is 2.38. The lowest BCUT2D eigenvalue weighted by molar-refractivity contribution is -0.122. The van der Waals surface area contributed by atoms with Crippen molar-refractivity contribution in [2.45, 2.75) is 44.6 Å². The van der Waals surface area contributed by atoms with E-state index in [0.717, 1.165) is 32.1 Å². The highest BCUT2D eigenvalue weighted by Crippen LogP contribution is 2.33. The van der Waals surface area contributed by atoms with E-state index in [1.807, 2.05) is 4.90 Å². The predicted molar refractivity (Wildman–Crippen MR) is 79.1 cm³/mol. The van der Waals surface area contributed by atoms with Gasteiger partial charge in [-0.2, -0.15) is 0 Å². The molecule has 21 heavy (non-hydrogen) atoms. The maximum absolute atomic E-state index is 12.7. The van der Waals surface area contributed by atoms with E-state index in [9.17, 15) is 14.7 Å². The van der Waals surface area contributed by atoms with Crippen molar-refractivity contribution in [2.24, 2.45) is 5.92 Å². The minimum atomic E-state index is -0.0599. The van der Waals surface area contributed by atoms with Crippen molar-refractivity contribution >= 4 is 11.7 Å². The Morgan fingerprint density at radius 2 is 2.05 bits per heavy atom. The smallest absolute Gasteiger partial charge is 0.254 e. The van der Waals surface area contributed by atoms with Gasteiger partial charge in [0.25, 0.3) is 5.91 Å². The van der Waals surface area contributed by atoms with Crippen LogP contribution >= 0.6 is 0 Å². The van der Waals surface area contributed by atoms with E-state index in [2.05, 4.69) is 0 Å².